The molecule has 20 heavy (non-hydrogen) atoms. The standard InChI is InChI=1S/C17H23NO2/c1-12-4-7-15-16(3-2-8-20-17(15)9-12)18-14-6-5-13(10-14)11-19/h4-7,9,13-14,16,18-19H,2-3,8,10-11H2,1H3/t13-,14+,16?/m0/s1. The van der Waals surface area contributed by atoms with E-state index >= 15 is 0 Å². The van der Waals surface area contributed by atoms with Gasteiger partial charge in [-0.25, -0.2) is 0 Å². The summed E-state index contributed by atoms with van der Waals surface area (Å²) in [6, 6.07) is 7.19. The number of aryl methyl sites for hydroxylation is 1. The van der Waals surface area contributed by atoms with Crippen LogP contribution in [0.5, 0.6) is 5.75 Å². The molecule has 3 nitrogen and oxygen atoms in total. The van der Waals surface area contributed by atoms with Gasteiger partial charge >= 0.3 is 0 Å². The van der Waals surface area contributed by atoms with E-state index in [-0.39, 0.29) is 6.61 Å². The third-order valence-electron chi connectivity index (χ3n) is 4.26. The molecule has 0 saturated carbocycles. The zero-order valence-corrected chi connectivity index (χ0v) is 12.0. The van der Waals surface area contributed by atoms with Gasteiger partial charge in [0, 0.05) is 30.2 Å². The molecule has 2 aliphatic rings. The topological polar surface area (TPSA) is 41.5 Å². The third-order valence-corrected chi connectivity index (χ3v) is 4.26. The molecular weight excluding hydrogens is 250 g/mol. The van der Waals surface area contributed by atoms with Crippen LogP contribution in [0.25, 0.3) is 0 Å². The number of fused-ring (bicyclic) bond motifs is 1. The summed E-state index contributed by atoms with van der Waals surface area (Å²) >= 11 is 0. The minimum atomic E-state index is 0.248. The van der Waals surface area contributed by atoms with Gasteiger partial charge in [-0.3, -0.25) is 0 Å². The molecule has 1 aromatic carbocycles. The average Bonchev–Trinajstić information content (AvgIpc) is 2.81. The highest BCUT2D eigenvalue weighted by atomic mass is 16.5. The summed E-state index contributed by atoms with van der Waals surface area (Å²) in [5.41, 5.74) is 2.51. The molecule has 1 aliphatic heterocycles. The van der Waals surface area contributed by atoms with Gasteiger partial charge < -0.3 is 15.2 Å². The minimum absolute atomic E-state index is 0.248. The van der Waals surface area contributed by atoms with Crippen LogP contribution in [0.15, 0.2) is 30.4 Å². The van der Waals surface area contributed by atoms with Crippen molar-refractivity contribution in [2.24, 2.45) is 5.92 Å². The Morgan fingerprint density at radius 3 is 3.05 bits per heavy atom. The molecule has 3 atom stereocenters. The lowest BCUT2D eigenvalue weighted by atomic mass is 9.99. The Kier molecular flexibility index (Phi) is 4.08. The summed E-state index contributed by atoms with van der Waals surface area (Å²) in [5, 5.41) is 12.9. The lowest BCUT2D eigenvalue weighted by Gasteiger charge is -2.23. The van der Waals surface area contributed by atoms with Gasteiger partial charge in [-0.15, -0.1) is 0 Å². The van der Waals surface area contributed by atoms with E-state index in [1.165, 1.54) is 11.1 Å². The molecule has 0 radical (unpaired) electrons. The maximum atomic E-state index is 9.22. The van der Waals surface area contributed by atoms with E-state index in [2.05, 4.69) is 42.6 Å². The highest BCUT2D eigenvalue weighted by molar-refractivity contribution is 5.40. The highest BCUT2D eigenvalue weighted by Gasteiger charge is 2.25. The first-order valence-electron chi connectivity index (χ1n) is 7.55. The maximum Gasteiger partial charge on any atom is 0.124 e. The Bertz CT molecular complexity index is 498. The SMILES string of the molecule is Cc1ccc2c(c1)OCCCC2N[C@@H]1C=C[C@H](CO)C1. The van der Waals surface area contributed by atoms with Crippen LogP contribution in [0.2, 0.25) is 0 Å². The van der Waals surface area contributed by atoms with E-state index in [1.807, 2.05) is 0 Å². The number of aliphatic hydroxyl groups is 1. The summed E-state index contributed by atoms with van der Waals surface area (Å²) in [6.45, 7) is 3.15. The number of hydrogen-bond acceptors (Lipinski definition) is 3. The summed E-state index contributed by atoms with van der Waals surface area (Å²) in [5.74, 6) is 1.34. The van der Waals surface area contributed by atoms with Gasteiger partial charge in [0.05, 0.1) is 6.61 Å². The average molecular weight is 273 g/mol. The largest absolute Gasteiger partial charge is 0.493 e. The Balaban J connectivity index is 1.75. The van der Waals surface area contributed by atoms with Crippen molar-refractivity contribution in [3.8, 4) is 5.75 Å². The van der Waals surface area contributed by atoms with Crippen LogP contribution in [0.1, 0.15) is 36.4 Å². The molecule has 1 aliphatic carbocycles. The Hall–Kier alpha value is -1.32. The first-order chi connectivity index (χ1) is 9.76. The zero-order valence-electron chi connectivity index (χ0n) is 12.0. The van der Waals surface area contributed by atoms with Gasteiger partial charge in [0.15, 0.2) is 0 Å². The quantitative estimate of drug-likeness (QED) is 0.832. The predicted octanol–water partition coefficient (Wildman–Crippen LogP) is 2.74. The van der Waals surface area contributed by atoms with Crippen molar-refractivity contribution in [3.05, 3.63) is 41.5 Å². The second-order valence-corrected chi connectivity index (χ2v) is 5.92. The Morgan fingerprint density at radius 1 is 1.35 bits per heavy atom. The van der Waals surface area contributed by atoms with Crippen LogP contribution in [0.4, 0.5) is 0 Å². The molecule has 0 fully saturated rings. The van der Waals surface area contributed by atoms with Gasteiger partial charge in [0.25, 0.3) is 0 Å². The second-order valence-electron chi connectivity index (χ2n) is 5.92. The molecule has 0 amide bonds. The zero-order chi connectivity index (χ0) is 13.9. The molecule has 0 spiro atoms. The normalized spacial score (nSPS) is 28.8. The summed E-state index contributed by atoms with van der Waals surface area (Å²) in [6.07, 6.45) is 7.49. The molecule has 0 saturated heterocycles. The monoisotopic (exact) mass is 273 g/mol. The van der Waals surface area contributed by atoms with E-state index in [0.29, 0.717) is 18.0 Å². The van der Waals surface area contributed by atoms with E-state index in [0.717, 1.165) is 31.6 Å². The first-order valence-corrected chi connectivity index (χ1v) is 7.55. The molecule has 0 bridgehead atoms. The summed E-state index contributed by atoms with van der Waals surface area (Å²) < 4.78 is 5.87. The molecule has 1 unspecified atom stereocenters. The predicted molar refractivity (Wildman–Crippen MR) is 79.9 cm³/mol. The number of nitrogens with one attached hydrogen (secondary N) is 1. The van der Waals surface area contributed by atoms with E-state index in [9.17, 15) is 5.11 Å². The lowest BCUT2D eigenvalue weighted by molar-refractivity contribution is 0.244. The first kappa shape index (κ1) is 13.7. The van der Waals surface area contributed by atoms with Crippen molar-refractivity contribution >= 4 is 0 Å². The van der Waals surface area contributed by atoms with Gasteiger partial charge in [-0.2, -0.15) is 0 Å². The molecule has 3 rings (SSSR count). The maximum absolute atomic E-state index is 9.22. The van der Waals surface area contributed by atoms with Crippen LogP contribution in [0.3, 0.4) is 0 Å². The molecule has 3 heteroatoms. The van der Waals surface area contributed by atoms with Crippen LogP contribution < -0.4 is 10.1 Å². The van der Waals surface area contributed by atoms with Crippen molar-refractivity contribution in [1.82, 2.24) is 5.32 Å². The molecule has 108 valence electrons. The summed E-state index contributed by atoms with van der Waals surface area (Å²) in [7, 11) is 0. The fourth-order valence-electron chi connectivity index (χ4n) is 3.14. The Labute approximate surface area is 120 Å². The van der Waals surface area contributed by atoms with Crippen LogP contribution in [0, 0.1) is 12.8 Å². The van der Waals surface area contributed by atoms with Gasteiger partial charge in [-0.1, -0.05) is 24.3 Å². The fourth-order valence-corrected chi connectivity index (χ4v) is 3.14. The van der Waals surface area contributed by atoms with Crippen LogP contribution in [-0.4, -0.2) is 24.4 Å². The number of ether oxygens (including phenoxy) is 1. The lowest BCUT2D eigenvalue weighted by Crippen LogP contribution is -2.30. The van der Waals surface area contributed by atoms with Gasteiger partial charge in [-0.05, 0) is 37.8 Å². The minimum Gasteiger partial charge on any atom is -0.493 e. The fraction of sp³-hybridized carbons (Fsp3) is 0.529. The smallest absolute Gasteiger partial charge is 0.124 e. The highest BCUT2D eigenvalue weighted by Crippen LogP contribution is 2.33. The van der Waals surface area contributed by atoms with Gasteiger partial charge in [0.2, 0.25) is 0 Å². The van der Waals surface area contributed by atoms with E-state index < -0.39 is 0 Å². The Morgan fingerprint density at radius 2 is 2.25 bits per heavy atom. The second kappa shape index (κ2) is 5.98. The number of rotatable bonds is 3. The van der Waals surface area contributed by atoms with E-state index in [4.69, 9.17) is 4.74 Å². The number of aliphatic hydroxyl groups excluding tert-OH is 1. The van der Waals surface area contributed by atoms with Crippen molar-refractivity contribution in [2.45, 2.75) is 38.3 Å². The van der Waals surface area contributed by atoms with Crippen LogP contribution in [-0.2, 0) is 0 Å². The molecule has 0 aromatic heterocycles. The third kappa shape index (κ3) is 2.89. The summed E-state index contributed by atoms with van der Waals surface area (Å²) in [4.78, 5) is 0. The molecule has 1 heterocycles. The van der Waals surface area contributed by atoms with Crippen molar-refractivity contribution in [2.75, 3.05) is 13.2 Å². The van der Waals surface area contributed by atoms with Crippen molar-refractivity contribution in [1.29, 1.82) is 0 Å². The number of benzene rings is 1. The molecular formula is C17H23NO2. The van der Waals surface area contributed by atoms with Crippen molar-refractivity contribution < 1.29 is 9.84 Å². The van der Waals surface area contributed by atoms with Gasteiger partial charge in [0.1, 0.15) is 5.75 Å². The molecule has 2 N–H and O–H groups in total. The van der Waals surface area contributed by atoms with E-state index in [1.54, 1.807) is 0 Å². The van der Waals surface area contributed by atoms with Crippen LogP contribution >= 0.6 is 0 Å². The number of hydrogen-bond donors (Lipinski definition) is 2. The molecule has 1 aromatic rings. The van der Waals surface area contributed by atoms with Crippen molar-refractivity contribution in [3.63, 3.8) is 0 Å².